The van der Waals surface area contributed by atoms with E-state index in [0.29, 0.717) is 10.9 Å². The van der Waals surface area contributed by atoms with Crippen LogP contribution < -0.4 is 5.32 Å². The first-order valence-electron chi connectivity index (χ1n) is 6.38. The third kappa shape index (κ3) is 4.02. The van der Waals surface area contributed by atoms with E-state index in [1.54, 1.807) is 0 Å². The number of halogens is 1. The molecular weight excluding hydrogens is 246 g/mol. The zero-order valence-electron chi connectivity index (χ0n) is 11.6. The number of carbonyl (C=O) groups excluding carboxylic acids is 1. The van der Waals surface area contributed by atoms with Gasteiger partial charge in [0.25, 0.3) is 0 Å². The van der Waals surface area contributed by atoms with E-state index < -0.39 is 5.41 Å². The molecule has 0 aliphatic heterocycles. The molecule has 1 rings (SSSR count). The normalized spacial score (nSPS) is 11.7. The third-order valence-corrected chi connectivity index (χ3v) is 3.39. The smallest absolute Gasteiger partial charge is 0.230 e. The van der Waals surface area contributed by atoms with Crippen molar-refractivity contribution >= 4 is 17.5 Å². The van der Waals surface area contributed by atoms with Crippen LogP contribution in [0.5, 0.6) is 0 Å². The van der Waals surface area contributed by atoms with Crippen molar-refractivity contribution < 1.29 is 4.79 Å². The molecule has 1 aromatic rings. The van der Waals surface area contributed by atoms with Crippen LogP contribution >= 0.6 is 11.6 Å². The Hall–Kier alpha value is -1.02. The molecule has 0 bridgehead atoms. The first kappa shape index (κ1) is 15.0. The van der Waals surface area contributed by atoms with Crippen LogP contribution in [-0.2, 0) is 10.2 Å². The first-order valence-corrected chi connectivity index (χ1v) is 6.76. The van der Waals surface area contributed by atoms with Crippen LogP contribution in [0, 0.1) is 5.92 Å². The van der Waals surface area contributed by atoms with Crippen molar-refractivity contribution in [3.05, 3.63) is 34.9 Å². The van der Waals surface area contributed by atoms with E-state index in [4.69, 9.17) is 11.6 Å². The van der Waals surface area contributed by atoms with Gasteiger partial charge in [0.05, 0.1) is 5.41 Å². The molecule has 0 saturated carbocycles. The van der Waals surface area contributed by atoms with Gasteiger partial charge in [-0.05, 0) is 43.9 Å². The minimum absolute atomic E-state index is 0.0606. The van der Waals surface area contributed by atoms with Gasteiger partial charge in [-0.1, -0.05) is 37.6 Å². The fourth-order valence-electron chi connectivity index (χ4n) is 1.69. The summed E-state index contributed by atoms with van der Waals surface area (Å²) >= 11 is 5.86. The summed E-state index contributed by atoms with van der Waals surface area (Å²) in [6.45, 7) is 8.89. The van der Waals surface area contributed by atoms with Crippen LogP contribution in [0.2, 0.25) is 5.02 Å². The Morgan fingerprint density at radius 3 is 2.33 bits per heavy atom. The van der Waals surface area contributed by atoms with Gasteiger partial charge in [-0.25, -0.2) is 0 Å². The Bertz CT molecular complexity index is 395. The standard InChI is InChI=1S/C15H22ClNO/c1-11(2)9-10-17-14(18)15(3,4)12-5-7-13(16)8-6-12/h5-8,11H,9-10H2,1-4H3,(H,17,18). The van der Waals surface area contributed by atoms with E-state index in [-0.39, 0.29) is 5.91 Å². The number of benzene rings is 1. The van der Waals surface area contributed by atoms with Gasteiger partial charge in [0, 0.05) is 11.6 Å². The van der Waals surface area contributed by atoms with Gasteiger partial charge in [0.2, 0.25) is 5.91 Å². The summed E-state index contributed by atoms with van der Waals surface area (Å²) in [5, 5.41) is 3.69. The molecular formula is C15H22ClNO. The molecule has 1 aromatic carbocycles. The van der Waals surface area contributed by atoms with Crippen LogP contribution in [0.15, 0.2) is 24.3 Å². The Labute approximate surface area is 115 Å². The van der Waals surface area contributed by atoms with Crippen molar-refractivity contribution in [3.63, 3.8) is 0 Å². The lowest BCUT2D eigenvalue weighted by atomic mass is 9.83. The predicted molar refractivity (Wildman–Crippen MR) is 76.9 cm³/mol. The minimum atomic E-state index is -0.526. The number of carbonyl (C=O) groups is 1. The second-order valence-corrected chi connectivity index (χ2v) is 6.01. The summed E-state index contributed by atoms with van der Waals surface area (Å²) < 4.78 is 0. The summed E-state index contributed by atoms with van der Waals surface area (Å²) in [5.74, 6) is 0.661. The maximum Gasteiger partial charge on any atom is 0.230 e. The quantitative estimate of drug-likeness (QED) is 0.864. The Kier molecular flexibility index (Phi) is 5.21. The molecule has 0 fully saturated rings. The molecule has 0 saturated heterocycles. The van der Waals surface area contributed by atoms with E-state index in [1.165, 1.54) is 0 Å². The van der Waals surface area contributed by atoms with Crippen molar-refractivity contribution in [2.45, 2.75) is 39.5 Å². The minimum Gasteiger partial charge on any atom is -0.355 e. The largest absolute Gasteiger partial charge is 0.355 e. The molecule has 18 heavy (non-hydrogen) atoms. The molecule has 1 N–H and O–H groups in total. The molecule has 1 amide bonds. The highest BCUT2D eigenvalue weighted by molar-refractivity contribution is 6.30. The summed E-state index contributed by atoms with van der Waals surface area (Å²) in [5.41, 5.74) is 0.454. The highest BCUT2D eigenvalue weighted by atomic mass is 35.5. The van der Waals surface area contributed by atoms with Gasteiger partial charge in [0.15, 0.2) is 0 Å². The number of hydrogen-bond donors (Lipinski definition) is 1. The zero-order chi connectivity index (χ0) is 13.8. The fraction of sp³-hybridized carbons (Fsp3) is 0.533. The average molecular weight is 268 g/mol. The SMILES string of the molecule is CC(C)CCNC(=O)C(C)(C)c1ccc(Cl)cc1. The van der Waals surface area contributed by atoms with E-state index in [1.807, 2.05) is 38.1 Å². The fourth-order valence-corrected chi connectivity index (χ4v) is 1.82. The maximum atomic E-state index is 12.2. The number of nitrogens with one attached hydrogen (secondary N) is 1. The molecule has 0 aromatic heterocycles. The summed E-state index contributed by atoms with van der Waals surface area (Å²) in [4.78, 5) is 12.2. The van der Waals surface area contributed by atoms with Crippen molar-refractivity contribution in [2.24, 2.45) is 5.92 Å². The van der Waals surface area contributed by atoms with E-state index in [9.17, 15) is 4.79 Å². The third-order valence-electron chi connectivity index (χ3n) is 3.14. The lowest BCUT2D eigenvalue weighted by molar-refractivity contribution is -0.125. The molecule has 0 aliphatic rings. The summed E-state index contributed by atoms with van der Waals surface area (Å²) in [6.07, 6.45) is 1.00. The molecule has 2 nitrogen and oxygen atoms in total. The maximum absolute atomic E-state index is 12.2. The molecule has 0 radical (unpaired) electrons. The van der Waals surface area contributed by atoms with Gasteiger partial charge in [-0.2, -0.15) is 0 Å². The van der Waals surface area contributed by atoms with Gasteiger partial charge in [-0.15, -0.1) is 0 Å². The van der Waals surface area contributed by atoms with Crippen LogP contribution in [0.3, 0.4) is 0 Å². The second-order valence-electron chi connectivity index (χ2n) is 5.57. The van der Waals surface area contributed by atoms with E-state index in [0.717, 1.165) is 18.5 Å². The van der Waals surface area contributed by atoms with Crippen molar-refractivity contribution in [1.29, 1.82) is 0 Å². The second kappa shape index (κ2) is 6.24. The number of rotatable bonds is 5. The van der Waals surface area contributed by atoms with Gasteiger partial charge in [-0.3, -0.25) is 4.79 Å². The topological polar surface area (TPSA) is 29.1 Å². The zero-order valence-corrected chi connectivity index (χ0v) is 12.3. The van der Waals surface area contributed by atoms with Crippen molar-refractivity contribution in [3.8, 4) is 0 Å². The van der Waals surface area contributed by atoms with Crippen molar-refractivity contribution in [2.75, 3.05) is 6.54 Å². The van der Waals surface area contributed by atoms with Gasteiger partial charge >= 0.3 is 0 Å². The van der Waals surface area contributed by atoms with Crippen LogP contribution in [0.1, 0.15) is 39.7 Å². The lowest BCUT2D eigenvalue weighted by Gasteiger charge is -2.24. The number of hydrogen-bond acceptors (Lipinski definition) is 1. The Balaban J connectivity index is 2.67. The predicted octanol–water partition coefficient (Wildman–Crippen LogP) is 3.78. The summed E-state index contributed by atoms with van der Waals surface area (Å²) in [6, 6.07) is 7.45. The molecule has 0 atom stereocenters. The highest BCUT2D eigenvalue weighted by Gasteiger charge is 2.29. The molecule has 100 valence electrons. The number of amides is 1. The molecule has 0 unspecified atom stereocenters. The monoisotopic (exact) mass is 267 g/mol. The van der Waals surface area contributed by atoms with Crippen LogP contribution in [0.4, 0.5) is 0 Å². The van der Waals surface area contributed by atoms with Crippen molar-refractivity contribution in [1.82, 2.24) is 5.32 Å². The van der Waals surface area contributed by atoms with Crippen LogP contribution in [-0.4, -0.2) is 12.5 Å². The molecule has 0 spiro atoms. The Morgan fingerprint density at radius 1 is 1.28 bits per heavy atom. The van der Waals surface area contributed by atoms with Gasteiger partial charge in [0.1, 0.15) is 0 Å². The molecule has 3 heteroatoms. The van der Waals surface area contributed by atoms with E-state index in [2.05, 4.69) is 19.2 Å². The van der Waals surface area contributed by atoms with Gasteiger partial charge < -0.3 is 5.32 Å². The van der Waals surface area contributed by atoms with E-state index >= 15 is 0 Å². The summed E-state index contributed by atoms with van der Waals surface area (Å²) in [7, 11) is 0. The lowest BCUT2D eigenvalue weighted by Crippen LogP contribution is -2.40. The highest BCUT2D eigenvalue weighted by Crippen LogP contribution is 2.24. The average Bonchev–Trinajstić information content (AvgIpc) is 2.28. The molecule has 0 aliphatic carbocycles. The van der Waals surface area contributed by atoms with Crippen LogP contribution in [0.25, 0.3) is 0 Å². The first-order chi connectivity index (χ1) is 8.34. The Morgan fingerprint density at radius 2 is 1.83 bits per heavy atom. The molecule has 0 heterocycles.